The van der Waals surface area contributed by atoms with E-state index in [1.165, 1.54) is 36.8 Å². The summed E-state index contributed by atoms with van der Waals surface area (Å²) in [7, 11) is 7.85. The van der Waals surface area contributed by atoms with Crippen molar-refractivity contribution < 1.29 is 17.6 Å². The van der Waals surface area contributed by atoms with Crippen LogP contribution in [0.3, 0.4) is 0 Å². The number of nitrogens with zero attached hydrogens (tertiary/aromatic N) is 16. The summed E-state index contributed by atoms with van der Waals surface area (Å²) in [6, 6.07) is 37.5. The van der Waals surface area contributed by atoms with Crippen molar-refractivity contribution in [2.24, 2.45) is 28.2 Å². The Morgan fingerprint density at radius 3 is 1.21 bits per heavy atom. The summed E-state index contributed by atoms with van der Waals surface area (Å²) in [4.78, 5) is 50.1. The molecule has 16 heterocycles. The lowest BCUT2D eigenvalue weighted by molar-refractivity contribution is 0.583. The van der Waals surface area contributed by atoms with Gasteiger partial charge in [0.2, 0.25) is 23.8 Å². The number of hydrogen-bond donors (Lipinski definition) is 0. The van der Waals surface area contributed by atoms with Gasteiger partial charge < -0.3 is 18.3 Å². The van der Waals surface area contributed by atoms with E-state index in [0.717, 1.165) is 105 Å². The molecule has 16 aromatic rings. The first kappa shape index (κ1) is 52.1. The van der Waals surface area contributed by atoms with Gasteiger partial charge in [0.05, 0.1) is 56.1 Å². The zero-order valence-corrected chi connectivity index (χ0v) is 45.1. The van der Waals surface area contributed by atoms with Gasteiger partial charge in [-0.1, -0.05) is 6.07 Å². The van der Waals surface area contributed by atoms with Gasteiger partial charge in [0.15, 0.2) is 0 Å². The summed E-state index contributed by atoms with van der Waals surface area (Å²) in [6.07, 6.45) is 18.8. The van der Waals surface area contributed by atoms with Crippen molar-refractivity contribution in [2.45, 2.75) is 0 Å². The average molecular weight is 1110 g/mol. The second kappa shape index (κ2) is 21.6. The summed E-state index contributed by atoms with van der Waals surface area (Å²) in [5.74, 6) is -2.01. The van der Waals surface area contributed by atoms with Gasteiger partial charge in [-0.2, -0.15) is 17.6 Å². The van der Waals surface area contributed by atoms with Gasteiger partial charge in [0.25, 0.3) is 0 Å². The Hall–Kier alpha value is -11.3. The molecular formula is C64H44F4N16. The van der Waals surface area contributed by atoms with Crippen LogP contribution in [0.2, 0.25) is 0 Å². The molecule has 16 rings (SSSR count). The molecule has 408 valence electrons. The highest BCUT2D eigenvalue weighted by Gasteiger charge is 2.16. The molecule has 0 atom stereocenters. The second-order valence-corrected chi connectivity index (χ2v) is 19.5. The topological polar surface area (TPSA) is 174 Å². The Balaban J connectivity index is 0.000000104. The number of halogens is 4. The fourth-order valence-electron chi connectivity index (χ4n) is 10.5. The van der Waals surface area contributed by atoms with Gasteiger partial charge in [-0.15, -0.1) is 0 Å². The predicted molar refractivity (Wildman–Crippen MR) is 317 cm³/mol. The second-order valence-electron chi connectivity index (χ2n) is 19.5. The van der Waals surface area contributed by atoms with E-state index in [1.807, 2.05) is 144 Å². The van der Waals surface area contributed by atoms with Gasteiger partial charge in [-0.3, -0.25) is 19.9 Å². The monoisotopic (exact) mass is 1110 g/mol. The third-order valence-corrected chi connectivity index (χ3v) is 14.6. The standard InChI is InChI=1S/4C16H11FN4/c1-21-14-6-7-18-9-12(14)11-3-4-13(20-16(11)21)10-2-5-15(17)19-8-10;1-21-14-5-6-18-9-12(14)11-2-3-13(20-16(11)21)10-4-7-19-15(17)8-10;1-21-14-6-8-18-9-12(14)10-4-5-13(20-16(10)21)11-3-2-7-19-15(11)17;1-21-14-7-8-18-9-11(14)10-5-6-13(20-16(10)21)12-3-2-4-15(17)19-12/h4*2-9H,1H3/i4*17-1. The molecular weight excluding hydrogens is 1060 g/mol. The Labute approximate surface area is 474 Å². The number of aromatic nitrogens is 16. The fraction of sp³-hybridized carbons (Fsp3) is 0.0625. The van der Waals surface area contributed by atoms with E-state index in [0.29, 0.717) is 28.2 Å². The highest BCUT2D eigenvalue weighted by Crippen LogP contribution is 2.33. The summed E-state index contributed by atoms with van der Waals surface area (Å²) in [5.41, 5.74) is 12.8. The van der Waals surface area contributed by atoms with Crippen molar-refractivity contribution in [3.63, 3.8) is 0 Å². The summed E-state index contributed by atoms with van der Waals surface area (Å²) in [5, 5.41) is 8.37. The van der Waals surface area contributed by atoms with E-state index in [2.05, 4.69) is 59.8 Å². The van der Waals surface area contributed by atoms with Crippen LogP contribution in [-0.4, -0.2) is 78.1 Å². The summed E-state index contributed by atoms with van der Waals surface area (Å²) in [6.45, 7) is 0. The molecule has 0 spiro atoms. The maximum Gasteiger partial charge on any atom is 0.222 e. The zero-order valence-electron chi connectivity index (χ0n) is 45.1. The molecule has 0 saturated heterocycles. The highest BCUT2D eigenvalue weighted by atomic mass is 18.2. The zero-order chi connectivity index (χ0) is 57.6. The van der Waals surface area contributed by atoms with E-state index in [4.69, 9.17) is 0 Å². The van der Waals surface area contributed by atoms with Gasteiger partial charge in [0.1, 0.15) is 22.6 Å². The Bertz CT molecular complexity index is 5010. The van der Waals surface area contributed by atoms with E-state index >= 15 is 0 Å². The number of aryl methyl sites for hydroxylation is 4. The molecule has 0 saturated carbocycles. The fourth-order valence-corrected chi connectivity index (χ4v) is 10.5. The van der Waals surface area contributed by atoms with Gasteiger partial charge >= 0.3 is 0 Å². The molecule has 0 aliphatic carbocycles. The van der Waals surface area contributed by atoms with Crippen molar-refractivity contribution >= 4 is 87.7 Å². The highest BCUT2D eigenvalue weighted by molar-refractivity contribution is 6.09. The third-order valence-electron chi connectivity index (χ3n) is 14.6. The first-order valence-corrected chi connectivity index (χ1v) is 26.2. The molecule has 0 amide bonds. The van der Waals surface area contributed by atoms with E-state index in [1.54, 1.807) is 61.2 Å². The van der Waals surface area contributed by atoms with Gasteiger partial charge in [-0.05, 0) is 115 Å². The minimum Gasteiger partial charge on any atom is -0.328 e. The smallest absolute Gasteiger partial charge is 0.222 e. The van der Waals surface area contributed by atoms with E-state index in [9.17, 15) is 17.6 Å². The number of pyridine rings is 12. The Morgan fingerprint density at radius 2 is 0.750 bits per heavy atom. The Kier molecular flexibility index (Phi) is 13.4. The maximum atomic E-state index is 13.8. The normalized spacial score (nSPS) is 11.3. The van der Waals surface area contributed by atoms with Crippen molar-refractivity contribution in [2.75, 3.05) is 0 Å². The minimum atomic E-state index is -0.509. The van der Waals surface area contributed by atoms with Crippen molar-refractivity contribution in [3.8, 4) is 45.2 Å². The van der Waals surface area contributed by atoms with Crippen LogP contribution in [0, 0.1) is 23.8 Å². The van der Waals surface area contributed by atoms with Gasteiger partial charge in [0, 0.05) is 157 Å². The molecule has 0 fully saturated rings. The molecule has 0 bridgehead atoms. The molecule has 0 unspecified atom stereocenters. The van der Waals surface area contributed by atoms with Crippen LogP contribution in [0.5, 0.6) is 0 Å². The van der Waals surface area contributed by atoms with Gasteiger partial charge in [-0.25, -0.2) is 39.9 Å². The first-order chi connectivity index (χ1) is 41.0. The number of fused-ring (bicyclic) bond motifs is 12. The number of hydrogen-bond acceptors (Lipinski definition) is 12. The third kappa shape index (κ3) is 9.55. The minimum absolute atomic E-state index is 0.405. The lowest BCUT2D eigenvalue weighted by Gasteiger charge is -2.03. The molecule has 16 aromatic heterocycles. The van der Waals surface area contributed by atoms with E-state index in [-0.39, 0.29) is 0 Å². The SMILES string of the molecule is Cn1c2ccncc2c2ccc(-c3ccc([18F])nc3)nc21.Cn1c2ccncc2c2ccc(-c3cccc([18F])n3)nc21.Cn1c2ccncc2c2ccc(-c3cccnc3[18F])nc21.Cn1c2ccncc2c2ccc(-c3ccnc([18F])c3)nc21. The molecule has 0 aliphatic heterocycles. The molecule has 0 aliphatic rings. The Morgan fingerprint density at radius 1 is 0.298 bits per heavy atom. The molecule has 0 radical (unpaired) electrons. The van der Waals surface area contributed by atoms with Crippen LogP contribution in [0.15, 0.2) is 196 Å². The molecule has 84 heavy (non-hydrogen) atoms. The lowest BCUT2D eigenvalue weighted by Crippen LogP contribution is -1.94. The van der Waals surface area contributed by atoms with Crippen LogP contribution in [-0.2, 0) is 28.2 Å². The van der Waals surface area contributed by atoms with Crippen LogP contribution >= 0.6 is 0 Å². The molecule has 0 N–H and O–H groups in total. The lowest BCUT2D eigenvalue weighted by atomic mass is 10.1. The average Bonchev–Trinajstić information content (AvgIpc) is 3.48. The van der Waals surface area contributed by atoms with Crippen LogP contribution in [0.4, 0.5) is 17.6 Å². The quantitative estimate of drug-likeness (QED) is 0.121. The van der Waals surface area contributed by atoms with Crippen LogP contribution < -0.4 is 0 Å². The molecule has 0 aromatic carbocycles. The number of rotatable bonds is 4. The predicted octanol–water partition coefficient (Wildman–Crippen LogP) is 13.3. The molecule has 20 heteroatoms. The van der Waals surface area contributed by atoms with Crippen LogP contribution in [0.25, 0.3) is 133 Å². The summed E-state index contributed by atoms with van der Waals surface area (Å²) >= 11 is 0. The molecule has 16 nitrogen and oxygen atoms in total. The van der Waals surface area contributed by atoms with Crippen LogP contribution in [0.1, 0.15) is 0 Å². The summed E-state index contributed by atoms with van der Waals surface area (Å²) < 4.78 is 61.3. The largest absolute Gasteiger partial charge is 0.328 e. The van der Waals surface area contributed by atoms with Crippen molar-refractivity contribution in [1.29, 1.82) is 0 Å². The van der Waals surface area contributed by atoms with E-state index < -0.39 is 23.8 Å². The van der Waals surface area contributed by atoms with Crippen molar-refractivity contribution in [1.82, 2.24) is 78.1 Å². The first-order valence-electron chi connectivity index (χ1n) is 26.2. The van der Waals surface area contributed by atoms with Crippen molar-refractivity contribution in [3.05, 3.63) is 219 Å². The maximum absolute atomic E-state index is 13.8.